The van der Waals surface area contributed by atoms with E-state index < -0.39 is 11.9 Å². The third-order valence-corrected chi connectivity index (χ3v) is 3.42. The highest BCUT2D eigenvalue weighted by Crippen LogP contribution is 2.24. The second-order valence-electron chi connectivity index (χ2n) is 4.89. The van der Waals surface area contributed by atoms with E-state index in [1.165, 1.54) is 12.1 Å². The van der Waals surface area contributed by atoms with Crippen LogP contribution in [0.4, 0.5) is 4.39 Å². The Morgan fingerprint density at radius 1 is 1.24 bits per heavy atom. The second kappa shape index (κ2) is 7.43. The molecule has 0 bridgehead atoms. The van der Waals surface area contributed by atoms with Gasteiger partial charge in [0.05, 0.1) is 17.7 Å². The van der Waals surface area contributed by atoms with Crippen molar-refractivity contribution in [2.45, 2.75) is 25.9 Å². The summed E-state index contributed by atoms with van der Waals surface area (Å²) in [5, 5.41) is 10.4. The van der Waals surface area contributed by atoms with Gasteiger partial charge < -0.3 is 9.84 Å². The number of aliphatic hydroxyl groups excluding tert-OH is 1. The van der Waals surface area contributed by atoms with E-state index in [-0.39, 0.29) is 5.02 Å². The molecule has 2 aromatic carbocycles. The molecule has 0 spiro atoms. The molecule has 1 atom stereocenters. The fourth-order valence-electron chi connectivity index (χ4n) is 2.04. The Kier molecular flexibility index (Phi) is 5.59. The van der Waals surface area contributed by atoms with Crippen molar-refractivity contribution in [2.24, 2.45) is 0 Å². The minimum absolute atomic E-state index is 0.0692. The van der Waals surface area contributed by atoms with Crippen LogP contribution in [0.5, 0.6) is 5.75 Å². The van der Waals surface area contributed by atoms with Gasteiger partial charge in [-0.2, -0.15) is 0 Å². The first-order valence-corrected chi connectivity index (χ1v) is 7.32. The van der Waals surface area contributed by atoms with E-state index in [9.17, 15) is 9.50 Å². The van der Waals surface area contributed by atoms with E-state index in [1.807, 2.05) is 31.2 Å². The highest BCUT2D eigenvalue weighted by molar-refractivity contribution is 6.30. The molecule has 0 aromatic heterocycles. The van der Waals surface area contributed by atoms with Crippen LogP contribution in [0.1, 0.15) is 30.6 Å². The van der Waals surface area contributed by atoms with Crippen LogP contribution in [0.3, 0.4) is 0 Å². The van der Waals surface area contributed by atoms with Gasteiger partial charge in [0, 0.05) is 6.42 Å². The molecule has 1 N–H and O–H groups in total. The van der Waals surface area contributed by atoms with Crippen LogP contribution in [0.15, 0.2) is 42.5 Å². The van der Waals surface area contributed by atoms with E-state index in [0.717, 1.165) is 23.3 Å². The van der Waals surface area contributed by atoms with Gasteiger partial charge in [0.25, 0.3) is 0 Å². The van der Waals surface area contributed by atoms with Crippen molar-refractivity contribution < 1.29 is 14.2 Å². The van der Waals surface area contributed by atoms with Crippen LogP contribution < -0.4 is 4.74 Å². The average Bonchev–Trinajstić information content (AvgIpc) is 2.49. The number of hydrogen-bond acceptors (Lipinski definition) is 2. The molecule has 0 aliphatic heterocycles. The first-order chi connectivity index (χ1) is 10.1. The summed E-state index contributed by atoms with van der Waals surface area (Å²) in [5.41, 5.74) is 1.55. The minimum atomic E-state index is -0.684. The fraction of sp³-hybridized carbons (Fsp3) is 0.294. The molecule has 1 unspecified atom stereocenters. The summed E-state index contributed by atoms with van der Waals surface area (Å²) >= 11 is 5.75. The van der Waals surface area contributed by atoms with Gasteiger partial charge in [-0.1, -0.05) is 36.7 Å². The van der Waals surface area contributed by atoms with Crippen molar-refractivity contribution in [1.82, 2.24) is 0 Å². The van der Waals surface area contributed by atoms with E-state index >= 15 is 0 Å². The van der Waals surface area contributed by atoms with E-state index in [4.69, 9.17) is 16.3 Å². The molecule has 0 saturated heterocycles. The Hall–Kier alpha value is -1.58. The van der Waals surface area contributed by atoms with E-state index in [1.54, 1.807) is 6.07 Å². The van der Waals surface area contributed by atoms with Gasteiger partial charge in [-0.05, 0) is 41.8 Å². The summed E-state index contributed by atoms with van der Waals surface area (Å²) in [5.74, 6) is 0.287. The predicted molar refractivity (Wildman–Crippen MR) is 82.3 cm³/mol. The Bertz CT molecular complexity index is 601. The van der Waals surface area contributed by atoms with Crippen molar-refractivity contribution in [1.29, 1.82) is 0 Å². The quantitative estimate of drug-likeness (QED) is 0.848. The highest BCUT2D eigenvalue weighted by atomic mass is 35.5. The van der Waals surface area contributed by atoms with Crippen LogP contribution >= 0.6 is 11.6 Å². The molecular formula is C17H18ClFO2. The second-order valence-corrected chi connectivity index (χ2v) is 5.30. The van der Waals surface area contributed by atoms with Crippen molar-refractivity contribution in [3.05, 3.63) is 64.4 Å². The van der Waals surface area contributed by atoms with Crippen molar-refractivity contribution >= 4 is 11.6 Å². The molecule has 21 heavy (non-hydrogen) atoms. The normalized spacial score (nSPS) is 12.2. The lowest BCUT2D eigenvalue weighted by Gasteiger charge is -2.13. The third-order valence-electron chi connectivity index (χ3n) is 3.13. The van der Waals surface area contributed by atoms with Crippen molar-refractivity contribution in [3.8, 4) is 5.75 Å². The molecule has 0 amide bonds. The zero-order chi connectivity index (χ0) is 15.2. The van der Waals surface area contributed by atoms with Gasteiger partial charge in [0.2, 0.25) is 0 Å². The Balaban J connectivity index is 2.08. The predicted octanol–water partition coefficient (Wildman–Crippen LogP) is 4.54. The van der Waals surface area contributed by atoms with Crippen LogP contribution in [-0.2, 0) is 6.42 Å². The summed E-state index contributed by atoms with van der Waals surface area (Å²) in [6.45, 7) is 2.68. The summed E-state index contributed by atoms with van der Waals surface area (Å²) in [6, 6.07) is 11.9. The van der Waals surface area contributed by atoms with Crippen LogP contribution in [0.25, 0.3) is 0 Å². The summed E-state index contributed by atoms with van der Waals surface area (Å²) in [7, 11) is 0. The summed E-state index contributed by atoms with van der Waals surface area (Å²) in [4.78, 5) is 0. The Morgan fingerprint density at radius 2 is 2.05 bits per heavy atom. The third kappa shape index (κ3) is 4.45. The Morgan fingerprint density at radius 3 is 2.76 bits per heavy atom. The molecule has 0 aliphatic carbocycles. The molecule has 2 rings (SSSR count). The molecule has 0 aliphatic rings. The van der Waals surface area contributed by atoms with Crippen LogP contribution in [-0.4, -0.2) is 11.7 Å². The van der Waals surface area contributed by atoms with E-state index in [2.05, 4.69) is 0 Å². The lowest BCUT2D eigenvalue weighted by atomic mass is 10.0. The molecule has 2 nitrogen and oxygen atoms in total. The van der Waals surface area contributed by atoms with Crippen molar-refractivity contribution in [2.75, 3.05) is 6.61 Å². The highest BCUT2D eigenvalue weighted by Gasteiger charge is 2.11. The summed E-state index contributed by atoms with van der Waals surface area (Å²) < 4.78 is 18.7. The molecule has 0 saturated carbocycles. The number of hydrogen-bond donors (Lipinski definition) is 1. The fourth-order valence-corrected chi connectivity index (χ4v) is 2.24. The number of ether oxygens (including phenoxy) is 1. The molecular weight excluding hydrogens is 291 g/mol. The largest absolute Gasteiger partial charge is 0.494 e. The average molecular weight is 309 g/mol. The number of benzene rings is 2. The number of rotatable bonds is 6. The molecule has 0 fully saturated rings. The first-order valence-electron chi connectivity index (χ1n) is 6.95. The topological polar surface area (TPSA) is 29.5 Å². The lowest BCUT2D eigenvalue weighted by Crippen LogP contribution is -2.03. The van der Waals surface area contributed by atoms with Crippen LogP contribution in [0.2, 0.25) is 5.02 Å². The van der Waals surface area contributed by atoms with Gasteiger partial charge in [-0.25, -0.2) is 4.39 Å². The maximum absolute atomic E-state index is 13.1. The molecule has 0 radical (unpaired) electrons. The Labute approximate surface area is 129 Å². The van der Waals surface area contributed by atoms with Gasteiger partial charge in [-0.15, -0.1) is 0 Å². The number of halogens is 2. The SMILES string of the molecule is CCCOc1cccc(C(O)Cc2ccc(F)c(Cl)c2)c1. The zero-order valence-electron chi connectivity index (χ0n) is 11.9. The van der Waals surface area contributed by atoms with Gasteiger partial charge in [0.1, 0.15) is 11.6 Å². The van der Waals surface area contributed by atoms with Gasteiger partial charge in [-0.3, -0.25) is 0 Å². The van der Waals surface area contributed by atoms with Crippen molar-refractivity contribution in [3.63, 3.8) is 0 Å². The maximum Gasteiger partial charge on any atom is 0.141 e. The lowest BCUT2D eigenvalue weighted by molar-refractivity contribution is 0.178. The molecule has 2 aromatic rings. The smallest absolute Gasteiger partial charge is 0.141 e. The standard InChI is InChI=1S/C17H18ClFO2/c1-2-8-21-14-5-3-4-13(11-14)17(20)10-12-6-7-16(19)15(18)9-12/h3-7,9,11,17,20H,2,8,10H2,1H3. The number of aliphatic hydroxyl groups is 1. The van der Waals surface area contributed by atoms with Crippen LogP contribution in [0, 0.1) is 5.82 Å². The maximum atomic E-state index is 13.1. The minimum Gasteiger partial charge on any atom is -0.494 e. The molecule has 0 heterocycles. The van der Waals surface area contributed by atoms with Gasteiger partial charge >= 0.3 is 0 Å². The zero-order valence-corrected chi connectivity index (χ0v) is 12.6. The van der Waals surface area contributed by atoms with Gasteiger partial charge in [0.15, 0.2) is 0 Å². The van der Waals surface area contributed by atoms with E-state index in [0.29, 0.717) is 13.0 Å². The molecule has 4 heteroatoms. The first kappa shape index (κ1) is 15.8. The summed E-state index contributed by atoms with van der Waals surface area (Å²) in [6.07, 6.45) is 0.620. The monoisotopic (exact) mass is 308 g/mol. The molecule has 112 valence electrons.